The third-order valence-electron chi connectivity index (χ3n) is 4.14. The maximum Gasteiger partial charge on any atom is 0.340 e. The Labute approximate surface area is 164 Å². The summed E-state index contributed by atoms with van der Waals surface area (Å²) in [6.45, 7) is 5.76. The summed E-state index contributed by atoms with van der Waals surface area (Å²) in [5, 5.41) is 1.97. The zero-order valence-corrected chi connectivity index (χ0v) is 17.1. The summed E-state index contributed by atoms with van der Waals surface area (Å²) < 4.78 is 6.13. The Bertz CT molecular complexity index is 925. The molecule has 6 heteroatoms. The highest BCUT2D eigenvalue weighted by Gasteiger charge is 2.38. The molecule has 0 bridgehead atoms. The van der Waals surface area contributed by atoms with Crippen LogP contribution < -0.4 is 4.90 Å². The number of amides is 1. The lowest BCUT2D eigenvalue weighted by molar-refractivity contribution is -0.138. The van der Waals surface area contributed by atoms with E-state index >= 15 is 0 Å². The molecule has 0 saturated carbocycles. The second-order valence-electron chi connectivity index (χ2n) is 5.82. The molecule has 0 N–H and O–H groups in total. The zero-order chi connectivity index (χ0) is 18.8. The van der Waals surface area contributed by atoms with Crippen LogP contribution >= 0.6 is 27.3 Å². The first-order valence-electron chi connectivity index (χ1n) is 8.18. The molecule has 4 nitrogen and oxygen atoms in total. The Balaban J connectivity index is 2.13. The third kappa shape index (κ3) is 3.39. The highest BCUT2D eigenvalue weighted by Crippen LogP contribution is 2.36. The Kier molecular flexibility index (Phi) is 5.44. The monoisotopic (exact) mass is 431 g/mol. The van der Waals surface area contributed by atoms with Gasteiger partial charge in [-0.15, -0.1) is 11.3 Å². The van der Waals surface area contributed by atoms with Gasteiger partial charge in [-0.1, -0.05) is 15.9 Å². The van der Waals surface area contributed by atoms with Crippen LogP contribution in [0.1, 0.15) is 24.3 Å². The molecule has 0 fully saturated rings. The van der Waals surface area contributed by atoms with Gasteiger partial charge in [0.15, 0.2) is 0 Å². The number of thiophene rings is 1. The van der Waals surface area contributed by atoms with Gasteiger partial charge < -0.3 is 4.74 Å². The summed E-state index contributed by atoms with van der Waals surface area (Å²) in [5.74, 6) is -0.695. The van der Waals surface area contributed by atoms with Gasteiger partial charge in [-0.25, -0.2) is 4.79 Å². The zero-order valence-electron chi connectivity index (χ0n) is 14.7. The van der Waals surface area contributed by atoms with Crippen molar-refractivity contribution >= 4 is 50.9 Å². The van der Waals surface area contributed by atoms with Crippen LogP contribution in [0.5, 0.6) is 0 Å². The number of halogens is 1. The maximum absolute atomic E-state index is 13.2. The number of nitrogens with zero attached hydrogens (tertiary/aromatic N) is 1. The topological polar surface area (TPSA) is 46.6 Å². The van der Waals surface area contributed by atoms with Gasteiger partial charge >= 0.3 is 5.97 Å². The van der Waals surface area contributed by atoms with Crippen LogP contribution in [-0.4, -0.2) is 18.5 Å². The molecule has 1 aromatic heterocycles. The molecule has 0 atom stereocenters. The maximum atomic E-state index is 13.2. The van der Waals surface area contributed by atoms with Crippen LogP contribution in [0.3, 0.4) is 0 Å². The highest BCUT2D eigenvalue weighted by atomic mass is 79.9. The van der Waals surface area contributed by atoms with Gasteiger partial charge in [-0.2, -0.15) is 0 Å². The van der Waals surface area contributed by atoms with Gasteiger partial charge in [-0.3, -0.25) is 9.69 Å². The predicted octanol–water partition coefficient (Wildman–Crippen LogP) is 5.09. The molecule has 134 valence electrons. The minimum Gasteiger partial charge on any atom is -0.462 e. The van der Waals surface area contributed by atoms with E-state index in [2.05, 4.69) is 15.9 Å². The average molecular weight is 432 g/mol. The Hall–Kier alpha value is -2.18. The molecule has 1 amide bonds. The largest absolute Gasteiger partial charge is 0.462 e. The number of hydrogen-bond donors (Lipinski definition) is 0. The van der Waals surface area contributed by atoms with Crippen LogP contribution in [0.2, 0.25) is 0 Å². The molecule has 0 saturated heterocycles. The molecule has 3 rings (SSSR count). The van der Waals surface area contributed by atoms with E-state index < -0.39 is 5.97 Å². The van der Waals surface area contributed by atoms with E-state index in [0.29, 0.717) is 22.5 Å². The Morgan fingerprint density at radius 3 is 2.50 bits per heavy atom. The van der Waals surface area contributed by atoms with Gasteiger partial charge in [0.05, 0.1) is 17.8 Å². The van der Waals surface area contributed by atoms with Gasteiger partial charge in [0.1, 0.15) is 0 Å². The number of carbonyl (C=O) groups excluding carboxylic acids is 2. The van der Waals surface area contributed by atoms with E-state index in [1.807, 2.05) is 42.6 Å². The second kappa shape index (κ2) is 7.60. The molecule has 2 heterocycles. The molecule has 0 aliphatic carbocycles. The highest BCUT2D eigenvalue weighted by molar-refractivity contribution is 9.10. The first kappa shape index (κ1) is 18.6. The molecule has 26 heavy (non-hydrogen) atoms. The van der Waals surface area contributed by atoms with E-state index in [1.165, 1.54) is 11.3 Å². The molecule has 1 aliphatic heterocycles. The molecular weight excluding hydrogens is 414 g/mol. The van der Waals surface area contributed by atoms with Crippen LogP contribution in [-0.2, 0) is 14.3 Å². The quantitative estimate of drug-likeness (QED) is 0.500. The minimum atomic E-state index is -0.474. The van der Waals surface area contributed by atoms with E-state index in [9.17, 15) is 9.59 Å². The van der Waals surface area contributed by atoms with Gasteiger partial charge in [0.2, 0.25) is 0 Å². The van der Waals surface area contributed by atoms with Gasteiger partial charge in [0.25, 0.3) is 5.91 Å². The van der Waals surface area contributed by atoms with Crippen LogP contribution in [0.4, 0.5) is 5.69 Å². The summed E-state index contributed by atoms with van der Waals surface area (Å²) in [4.78, 5) is 28.2. The van der Waals surface area contributed by atoms with Gasteiger partial charge in [0, 0.05) is 20.7 Å². The van der Waals surface area contributed by atoms with E-state index in [-0.39, 0.29) is 12.5 Å². The number of carbonyl (C=O) groups is 2. The van der Waals surface area contributed by atoms with Crippen molar-refractivity contribution in [3.05, 3.63) is 67.5 Å². The predicted molar refractivity (Wildman–Crippen MR) is 108 cm³/mol. The number of benzene rings is 1. The Morgan fingerprint density at radius 2 is 1.92 bits per heavy atom. The lowest BCUT2D eigenvalue weighted by Gasteiger charge is -2.18. The summed E-state index contributed by atoms with van der Waals surface area (Å²) >= 11 is 4.94. The summed E-state index contributed by atoms with van der Waals surface area (Å²) in [6.07, 6.45) is 1.79. The van der Waals surface area contributed by atoms with Crippen molar-refractivity contribution in [2.45, 2.75) is 20.8 Å². The van der Waals surface area contributed by atoms with E-state index in [0.717, 1.165) is 14.9 Å². The summed E-state index contributed by atoms with van der Waals surface area (Å²) in [7, 11) is 0. The lowest BCUT2D eigenvalue weighted by atomic mass is 10.1. The van der Waals surface area contributed by atoms with Crippen molar-refractivity contribution in [3.63, 3.8) is 0 Å². The van der Waals surface area contributed by atoms with E-state index in [1.54, 1.807) is 24.8 Å². The van der Waals surface area contributed by atoms with Crippen LogP contribution in [0.15, 0.2) is 57.0 Å². The number of rotatable bonds is 4. The van der Waals surface area contributed by atoms with Crippen molar-refractivity contribution in [1.29, 1.82) is 0 Å². The normalized spacial score (nSPS) is 15.9. The van der Waals surface area contributed by atoms with Crippen molar-refractivity contribution in [1.82, 2.24) is 0 Å². The van der Waals surface area contributed by atoms with Crippen LogP contribution in [0, 0.1) is 6.92 Å². The van der Waals surface area contributed by atoms with Crippen molar-refractivity contribution in [2.75, 3.05) is 11.5 Å². The standard InChI is InChI=1S/C20H18BrNO3S/c1-4-25-20(24)18-13(3)22(15-7-5-14(21)6-8-15)19(23)16(18)11-17-12(2)9-10-26-17/h5-11H,4H2,1-3H3/b16-11-. The first-order valence-corrected chi connectivity index (χ1v) is 9.85. The third-order valence-corrected chi connectivity index (χ3v) is 5.64. The second-order valence-corrected chi connectivity index (χ2v) is 7.69. The number of anilines is 1. The molecule has 0 spiro atoms. The molecular formula is C20H18BrNO3S. The number of allylic oxidation sites excluding steroid dienone is 1. The van der Waals surface area contributed by atoms with Crippen molar-refractivity contribution in [3.8, 4) is 0 Å². The van der Waals surface area contributed by atoms with Gasteiger partial charge in [-0.05, 0) is 68.1 Å². The fourth-order valence-electron chi connectivity index (χ4n) is 2.85. The van der Waals surface area contributed by atoms with E-state index in [4.69, 9.17) is 4.74 Å². The summed E-state index contributed by atoms with van der Waals surface area (Å²) in [5.41, 5.74) is 3.06. The smallest absolute Gasteiger partial charge is 0.340 e. The Morgan fingerprint density at radius 1 is 1.23 bits per heavy atom. The lowest BCUT2D eigenvalue weighted by Crippen LogP contribution is -2.24. The number of ether oxygens (including phenoxy) is 1. The molecule has 0 radical (unpaired) electrons. The number of hydrogen-bond acceptors (Lipinski definition) is 4. The first-order chi connectivity index (χ1) is 12.4. The number of aryl methyl sites for hydroxylation is 1. The van der Waals surface area contributed by atoms with Crippen molar-refractivity contribution < 1.29 is 14.3 Å². The molecule has 1 aliphatic rings. The summed E-state index contributed by atoms with van der Waals surface area (Å²) in [6, 6.07) is 9.40. The minimum absolute atomic E-state index is 0.222. The fraction of sp³-hybridized carbons (Fsp3) is 0.200. The average Bonchev–Trinajstić information content (AvgIpc) is 3.11. The molecule has 0 unspecified atom stereocenters. The van der Waals surface area contributed by atoms with Crippen molar-refractivity contribution in [2.24, 2.45) is 0 Å². The molecule has 1 aromatic carbocycles. The SMILES string of the molecule is CCOC(=O)C1=C(C)N(c2ccc(Br)cc2)C(=O)/C1=C\c1sccc1C. The molecule has 2 aromatic rings. The fourth-order valence-corrected chi connectivity index (χ4v) is 3.97. The number of esters is 1. The van der Waals surface area contributed by atoms with Crippen LogP contribution in [0.25, 0.3) is 6.08 Å².